The van der Waals surface area contributed by atoms with E-state index in [9.17, 15) is 4.79 Å². The molecule has 0 aliphatic carbocycles. The Morgan fingerprint density at radius 1 is 1.22 bits per heavy atom. The quantitative estimate of drug-likeness (QED) is 0.790. The van der Waals surface area contributed by atoms with Crippen LogP contribution in [0.25, 0.3) is 0 Å². The molecule has 0 spiro atoms. The molecule has 1 aromatic carbocycles. The lowest BCUT2D eigenvalue weighted by atomic mass is 9.91. The second kappa shape index (κ2) is 6.28. The van der Waals surface area contributed by atoms with Gasteiger partial charge in [-0.3, -0.25) is 4.79 Å². The van der Waals surface area contributed by atoms with E-state index in [4.69, 9.17) is 5.11 Å². The van der Waals surface area contributed by atoms with E-state index in [1.807, 2.05) is 0 Å². The largest absolute Gasteiger partial charge is 0.481 e. The van der Waals surface area contributed by atoms with Crippen LogP contribution in [0.1, 0.15) is 37.0 Å². The topological polar surface area (TPSA) is 37.3 Å². The molecule has 0 saturated carbocycles. The maximum Gasteiger partial charge on any atom is 0.309 e. The third-order valence-electron chi connectivity index (χ3n) is 3.00. The molecule has 18 heavy (non-hydrogen) atoms. The van der Waals surface area contributed by atoms with E-state index < -0.39 is 11.4 Å². The molecule has 1 N–H and O–H groups in total. The number of benzene rings is 1. The second-order valence-corrected chi connectivity index (χ2v) is 6.59. The smallest absolute Gasteiger partial charge is 0.309 e. The monoisotopic (exact) mass is 266 g/mol. The van der Waals surface area contributed by atoms with Gasteiger partial charge in [0.1, 0.15) is 0 Å². The number of thioether (sulfide) groups is 1. The Morgan fingerprint density at radius 2 is 1.78 bits per heavy atom. The van der Waals surface area contributed by atoms with Crippen molar-refractivity contribution in [3.05, 3.63) is 34.9 Å². The van der Waals surface area contributed by atoms with Crippen molar-refractivity contribution in [1.82, 2.24) is 0 Å². The van der Waals surface area contributed by atoms with Gasteiger partial charge in [0.25, 0.3) is 0 Å². The molecule has 0 unspecified atom stereocenters. The first-order valence-corrected chi connectivity index (χ1v) is 7.35. The summed E-state index contributed by atoms with van der Waals surface area (Å²) in [6.07, 6.45) is 0.706. The summed E-state index contributed by atoms with van der Waals surface area (Å²) in [4.78, 5) is 11.0. The minimum Gasteiger partial charge on any atom is -0.481 e. The van der Waals surface area contributed by atoms with Crippen LogP contribution in [0.15, 0.2) is 18.2 Å². The summed E-state index contributed by atoms with van der Waals surface area (Å²) in [5, 5.41) is 9.02. The molecule has 0 bridgehead atoms. The van der Waals surface area contributed by atoms with E-state index >= 15 is 0 Å². The Kier molecular flexibility index (Phi) is 5.27. The van der Waals surface area contributed by atoms with Gasteiger partial charge in [-0.15, -0.1) is 0 Å². The van der Waals surface area contributed by atoms with E-state index in [2.05, 4.69) is 32.0 Å². The fourth-order valence-electron chi connectivity index (χ4n) is 1.78. The molecule has 2 nitrogen and oxygen atoms in total. The predicted octanol–water partition coefficient (Wildman–Crippen LogP) is 4.04. The van der Waals surface area contributed by atoms with Crippen molar-refractivity contribution in [2.75, 3.05) is 5.75 Å². The lowest BCUT2D eigenvalue weighted by molar-refractivity contribution is -0.146. The van der Waals surface area contributed by atoms with E-state index in [1.54, 1.807) is 25.6 Å². The molecule has 0 aliphatic rings. The van der Waals surface area contributed by atoms with Gasteiger partial charge in [-0.1, -0.05) is 29.3 Å². The van der Waals surface area contributed by atoms with Gasteiger partial charge in [-0.25, -0.2) is 0 Å². The molecule has 0 fully saturated rings. The third-order valence-corrected chi connectivity index (χ3v) is 4.03. The van der Waals surface area contributed by atoms with Gasteiger partial charge in [0.15, 0.2) is 0 Å². The summed E-state index contributed by atoms with van der Waals surface area (Å²) >= 11 is 1.80. The van der Waals surface area contributed by atoms with Gasteiger partial charge >= 0.3 is 5.97 Å². The summed E-state index contributed by atoms with van der Waals surface area (Å²) in [6, 6.07) is 6.56. The van der Waals surface area contributed by atoms with Crippen molar-refractivity contribution in [1.29, 1.82) is 0 Å². The number of carboxylic acid groups (broad SMARTS) is 1. The molecule has 0 radical (unpaired) electrons. The number of rotatable bonds is 6. The Bertz CT molecular complexity index is 404. The predicted molar refractivity (Wildman–Crippen MR) is 78.1 cm³/mol. The number of carboxylic acids is 1. The fraction of sp³-hybridized carbons (Fsp3) is 0.533. The van der Waals surface area contributed by atoms with Crippen molar-refractivity contribution in [2.45, 2.75) is 39.9 Å². The molecule has 0 atom stereocenters. The fourth-order valence-corrected chi connectivity index (χ4v) is 2.98. The Balaban J connectivity index is 2.40. The summed E-state index contributed by atoms with van der Waals surface area (Å²) in [7, 11) is 0. The minimum absolute atomic E-state index is 0.616. The Labute approximate surface area is 114 Å². The molecule has 1 rings (SSSR count). The molecule has 0 amide bonds. The standard InChI is InChI=1S/C15H22O2S/c1-11-7-12(2)9-13(8-11)10-18-6-5-15(3,4)14(16)17/h7-9H,5-6,10H2,1-4H3,(H,16,17). The van der Waals surface area contributed by atoms with E-state index in [-0.39, 0.29) is 0 Å². The highest BCUT2D eigenvalue weighted by atomic mass is 32.2. The molecular weight excluding hydrogens is 244 g/mol. The van der Waals surface area contributed by atoms with Gasteiger partial charge < -0.3 is 5.11 Å². The Morgan fingerprint density at radius 3 is 2.28 bits per heavy atom. The molecule has 3 heteroatoms. The van der Waals surface area contributed by atoms with Crippen LogP contribution in [0.4, 0.5) is 0 Å². The van der Waals surface area contributed by atoms with Crippen LogP contribution in [-0.2, 0) is 10.5 Å². The number of hydrogen-bond donors (Lipinski definition) is 1. The van der Waals surface area contributed by atoms with Crippen molar-refractivity contribution in [2.24, 2.45) is 5.41 Å². The third kappa shape index (κ3) is 4.73. The van der Waals surface area contributed by atoms with Crippen LogP contribution in [-0.4, -0.2) is 16.8 Å². The number of carbonyl (C=O) groups is 1. The average molecular weight is 266 g/mol. The van der Waals surface area contributed by atoms with Crippen molar-refractivity contribution >= 4 is 17.7 Å². The Hall–Kier alpha value is -0.960. The first-order valence-electron chi connectivity index (χ1n) is 6.19. The van der Waals surface area contributed by atoms with Gasteiger partial charge in [-0.05, 0) is 45.4 Å². The zero-order chi connectivity index (χ0) is 13.8. The van der Waals surface area contributed by atoms with E-state index in [1.165, 1.54) is 16.7 Å². The molecule has 0 heterocycles. The summed E-state index contributed by atoms with van der Waals surface area (Å²) in [5.41, 5.74) is 3.29. The highest BCUT2D eigenvalue weighted by molar-refractivity contribution is 7.98. The lowest BCUT2D eigenvalue weighted by Crippen LogP contribution is -2.24. The molecular formula is C15H22O2S. The summed E-state index contributed by atoms with van der Waals surface area (Å²) in [6.45, 7) is 7.78. The normalized spacial score (nSPS) is 11.6. The molecule has 0 aromatic heterocycles. The first-order chi connectivity index (χ1) is 8.31. The van der Waals surface area contributed by atoms with Crippen molar-refractivity contribution in [3.8, 4) is 0 Å². The van der Waals surface area contributed by atoms with Gasteiger partial charge in [-0.2, -0.15) is 11.8 Å². The average Bonchev–Trinajstić information content (AvgIpc) is 2.23. The second-order valence-electron chi connectivity index (χ2n) is 5.49. The molecule has 1 aromatic rings. The highest BCUT2D eigenvalue weighted by Gasteiger charge is 2.26. The van der Waals surface area contributed by atoms with E-state index in [0.717, 1.165) is 11.5 Å². The van der Waals surface area contributed by atoms with E-state index in [0.29, 0.717) is 6.42 Å². The maximum atomic E-state index is 11.0. The summed E-state index contributed by atoms with van der Waals surface area (Å²) in [5.74, 6) is 1.12. The number of aryl methyl sites for hydroxylation is 2. The molecule has 100 valence electrons. The van der Waals surface area contributed by atoms with Crippen LogP contribution in [0, 0.1) is 19.3 Å². The van der Waals surface area contributed by atoms with Crippen molar-refractivity contribution < 1.29 is 9.90 Å². The minimum atomic E-state index is -0.713. The SMILES string of the molecule is Cc1cc(C)cc(CSCCC(C)(C)C(=O)O)c1. The van der Waals surface area contributed by atoms with Crippen molar-refractivity contribution in [3.63, 3.8) is 0 Å². The maximum absolute atomic E-state index is 11.0. The van der Waals surface area contributed by atoms with Gasteiger partial charge in [0, 0.05) is 5.75 Å². The highest BCUT2D eigenvalue weighted by Crippen LogP contribution is 2.25. The lowest BCUT2D eigenvalue weighted by Gasteiger charge is -2.18. The van der Waals surface area contributed by atoms with Crippen LogP contribution in [0.2, 0.25) is 0 Å². The number of hydrogen-bond acceptors (Lipinski definition) is 2. The van der Waals surface area contributed by atoms with Gasteiger partial charge in [0.05, 0.1) is 5.41 Å². The molecule has 0 saturated heterocycles. The van der Waals surface area contributed by atoms with Gasteiger partial charge in [0.2, 0.25) is 0 Å². The van der Waals surface area contributed by atoms with Crippen LogP contribution >= 0.6 is 11.8 Å². The first kappa shape index (κ1) is 15.1. The zero-order valence-corrected chi connectivity index (χ0v) is 12.4. The number of aliphatic carboxylic acids is 1. The van der Waals surface area contributed by atoms with Crippen LogP contribution in [0.3, 0.4) is 0 Å². The zero-order valence-electron chi connectivity index (χ0n) is 11.6. The molecule has 0 aliphatic heterocycles. The van der Waals surface area contributed by atoms with Crippen LogP contribution < -0.4 is 0 Å². The van der Waals surface area contributed by atoms with Crippen LogP contribution in [0.5, 0.6) is 0 Å². The summed E-state index contributed by atoms with van der Waals surface area (Å²) < 4.78 is 0.